The number of benzene rings is 1. The molecule has 1 fully saturated rings. The van der Waals surface area contributed by atoms with Gasteiger partial charge in [0.05, 0.1) is 19.4 Å². The molecule has 1 saturated heterocycles. The van der Waals surface area contributed by atoms with Crippen LogP contribution in [0.1, 0.15) is 20.3 Å². The van der Waals surface area contributed by atoms with Crippen LogP contribution in [0.3, 0.4) is 0 Å². The molecule has 1 atom stereocenters. The van der Waals surface area contributed by atoms with Crippen LogP contribution in [0.2, 0.25) is 0 Å². The van der Waals surface area contributed by atoms with Gasteiger partial charge in [0.2, 0.25) is 0 Å². The lowest BCUT2D eigenvalue weighted by atomic mass is 10.2. The third kappa shape index (κ3) is 6.12. The standard InChI is InChI=1S/C19H32N4O2/c1-15(2)14-25-12-10-21-19(20-3)22-16-9-11-23(13-16)17-7-5-6-8-18(17)24-4/h5-8,15-16H,9-14H2,1-4H3,(H2,20,21,22). The summed E-state index contributed by atoms with van der Waals surface area (Å²) in [6.07, 6.45) is 1.07. The number of ether oxygens (including phenoxy) is 2. The molecule has 0 aliphatic carbocycles. The number of aliphatic imine (C=N–C) groups is 1. The SMILES string of the molecule is CN=C(NCCOCC(C)C)NC1CCN(c2ccccc2OC)C1. The number of nitrogens with zero attached hydrogens (tertiary/aromatic N) is 2. The van der Waals surface area contributed by atoms with E-state index in [2.05, 4.69) is 46.5 Å². The minimum atomic E-state index is 0.368. The lowest BCUT2D eigenvalue weighted by Gasteiger charge is -2.22. The van der Waals surface area contributed by atoms with E-state index < -0.39 is 0 Å². The minimum absolute atomic E-state index is 0.368. The summed E-state index contributed by atoms with van der Waals surface area (Å²) in [6.45, 7) is 8.50. The first-order valence-electron chi connectivity index (χ1n) is 9.07. The maximum absolute atomic E-state index is 5.59. The second kappa shape index (κ2) is 10.1. The van der Waals surface area contributed by atoms with Gasteiger partial charge in [-0.2, -0.15) is 0 Å². The molecule has 2 rings (SSSR count). The Morgan fingerprint density at radius 1 is 1.36 bits per heavy atom. The summed E-state index contributed by atoms with van der Waals surface area (Å²) in [4.78, 5) is 6.67. The average molecular weight is 348 g/mol. The molecule has 1 aliphatic rings. The molecule has 0 saturated carbocycles. The molecule has 140 valence electrons. The summed E-state index contributed by atoms with van der Waals surface area (Å²) in [6, 6.07) is 8.54. The number of methoxy groups -OCH3 is 1. The predicted octanol–water partition coefficient (Wildman–Crippen LogP) is 2.11. The molecule has 25 heavy (non-hydrogen) atoms. The summed E-state index contributed by atoms with van der Waals surface area (Å²) in [7, 11) is 3.52. The molecule has 0 spiro atoms. The summed E-state index contributed by atoms with van der Waals surface area (Å²) in [5.41, 5.74) is 1.15. The Morgan fingerprint density at radius 3 is 2.88 bits per heavy atom. The van der Waals surface area contributed by atoms with E-state index in [4.69, 9.17) is 9.47 Å². The second-order valence-corrected chi connectivity index (χ2v) is 6.72. The zero-order valence-electron chi connectivity index (χ0n) is 15.9. The minimum Gasteiger partial charge on any atom is -0.495 e. The van der Waals surface area contributed by atoms with Crippen molar-refractivity contribution in [1.82, 2.24) is 10.6 Å². The Balaban J connectivity index is 1.77. The van der Waals surface area contributed by atoms with Crippen LogP contribution in [0, 0.1) is 5.92 Å². The fourth-order valence-electron chi connectivity index (χ4n) is 2.94. The fraction of sp³-hybridized carbons (Fsp3) is 0.632. The number of nitrogens with one attached hydrogen (secondary N) is 2. The zero-order valence-corrected chi connectivity index (χ0v) is 15.9. The lowest BCUT2D eigenvalue weighted by molar-refractivity contribution is 0.114. The Labute approximate surface area is 151 Å². The maximum atomic E-state index is 5.59. The van der Waals surface area contributed by atoms with E-state index >= 15 is 0 Å². The summed E-state index contributed by atoms with van der Waals surface area (Å²) < 4.78 is 11.1. The number of anilines is 1. The summed E-state index contributed by atoms with van der Waals surface area (Å²) in [5.74, 6) is 2.32. The van der Waals surface area contributed by atoms with Crippen LogP contribution < -0.4 is 20.3 Å². The van der Waals surface area contributed by atoms with Crippen molar-refractivity contribution < 1.29 is 9.47 Å². The van der Waals surface area contributed by atoms with Crippen molar-refractivity contribution in [3.05, 3.63) is 24.3 Å². The van der Waals surface area contributed by atoms with Gasteiger partial charge in [0.1, 0.15) is 5.75 Å². The molecule has 0 aromatic heterocycles. The van der Waals surface area contributed by atoms with Crippen LogP contribution >= 0.6 is 0 Å². The van der Waals surface area contributed by atoms with Crippen LogP contribution in [0.4, 0.5) is 5.69 Å². The van der Waals surface area contributed by atoms with E-state index in [9.17, 15) is 0 Å². The molecule has 6 nitrogen and oxygen atoms in total. The van der Waals surface area contributed by atoms with Crippen molar-refractivity contribution in [2.24, 2.45) is 10.9 Å². The van der Waals surface area contributed by atoms with Crippen LogP contribution in [0.15, 0.2) is 29.3 Å². The van der Waals surface area contributed by atoms with Crippen molar-refractivity contribution in [2.45, 2.75) is 26.3 Å². The highest BCUT2D eigenvalue weighted by Crippen LogP contribution is 2.30. The van der Waals surface area contributed by atoms with Crippen molar-refractivity contribution in [2.75, 3.05) is 51.9 Å². The number of guanidine groups is 1. The van der Waals surface area contributed by atoms with Gasteiger partial charge in [-0.25, -0.2) is 0 Å². The molecule has 0 radical (unpaired) electrons. The number of para-hydroxylation sites is 2. The predicted molar refractivity (Wildman–Crippen MR) is 104 cm³/mol. The number of hydrogen-bond acceptors (Lipinski definition) is 4. The first-order valence-corrected chi connectivity index (χ1v) is 9.07. The molecule has 6 heteroatoms. The van der Waals surface area contributed by atoms with E-state index in [1.165, 1.54) is 0 Å². The third-order valence-electron chi connectivity index (χ3n) is 4.17. The van der Waals surface area contributed by atoms with Crippen molar-refractivity contribution in [1.29, 1.82) is 0 Å². The van der Waals surface area contributed by atoms with Gasteiger partial charge < -0.3 is 25.0 Å². The van der Waals surface area contributed by atoms with Gasteiger partial charge >= 0.3 is 0 Å². The molecule has 1 heterocycles. The largest absolute Gasteiger partial charge is 0.495 e. The van der Waals surface area contributed by atoms with Crippen LogP contribution in [0.25, 0.3) is 0 Å². The molecule has 1 aliphatic heterocycles. The highest BCUT2D eigenvalue weighted by atomic mass is 16.5. The van der Waals surface area contributed by atoms with Gasteiger partial charge in [-0.1, -0.05) is 26.0 Å². The summed E-state index contributed by atoms with van der Waals surface area (Å²) in [5, 5.41) is 6.82. The van der Waals surface area contributed by atoms with Gasteiger partial charge in [-0.3, -0.25) is 4.99 Å². The van der Waals surface area contributed by atoms with Gasteiger partial charge in [-0.05, 0) is 24.5 Å². The molecule has 1 aromatic rings. The van der Waals surface area contributed by atoms with Gasteiger partial charge in [0.25, 0.3) is 0 Å². The summed E-state index contributed by atoms with van der Waals surface area (Å²) >= 11 is 0. The molecular formula is C19H32N4O2. The average Bonchev–Trinajstić information content (AvgIpc) is 3.08. The van der Waals surface area contributed by atoms with Gasteiger partial charge in [0.15, 0.2) is 5.96 Å². The van der Waals surface area contributed by atoms with Crippen LogP contribution in [0.5, 0.6) is 5.75 Å². The first-order chi connectivity index (χ1) is 12.1. The van der Waals surface area contributed by atoms with Crippen molar-refractivity contribution >= 4 is 11.6 Å². The lowest BCUT2D eigenvalue weighted by Crippen LogP contribution is -2.45. The zero-order chi connectivity index (χ0) is 18.1. The van der Waals surface area contributed by atoms with Crippen molar-refractivity contribution in [3.63, 3.8) is 0 Å². The third-order valence-corrected chi connectivity index (χ3v) is 4.17. The normalized spacial score (nSPS) is 17.9. The van der Waals surface area contributed by atoms with Crippen molar-refractivity contribution in [3.8, 4) is 5.75 Å². The number of rotatable bonds is 8. The Hall–Kier alpha value is -1.95. The van der Waals surface area contributed by atoms with Crippen LogP contribution in [-0.2, 0) is 4.74 Å². The monoisotopic (exact) mass is 348 g/mol. The molecule has 0 bridgehead atoms. The topological polar surface area (TPSA) is 58.1 Å². The highest BCUT2D eigenvalue weighted by molar-refractivity contribution is 5.80. The first kappa shape index (κ1) is 19.4. The van der Waals surface area contributed by atoms with E-state index in [1.54, 1.807) is 14.2 Å². The van der Waals surface area contributed by atoms with E-state index in [0.717, 1.165) is 50.1 Å². The quantitative estimate of drug-likeness (QED) is 0.428. The van der Waals surface area contributed by atoms with Gasteiger partial charge in [-0.15, -0.1) is 0 Å². The molecule has 0 amide bonds. The smallest absolute Gasteiger partial charge is 0.191 e. The van der Waals surface area contributed by atoms with E-state index in [0.29, 0.717) is 18.6 Å². The Bertz CT molecular complexity index is 548. The highest BCUT2D eigenvalue weighted by Gasteiger charge is 2.25. The van der Waals surface area contributed by atoms with E-state index in [1.807, 2.05) is 12.1 Å². The molecular weight excluding hydrogens is 316 g/mol. The second-order valence-electron chi connectivity index (χ2n) is 6.72. The molecule has 2 N–H and O–H groups in total. The Kier molecular flexibility index (Phi) is 7.85. The number of hydrogen-bond donors (Lipinski definition) is 2. The van der Waals surface area contributed by atoms with Gasteiger partial charge in [0, 0.05) is 39.3 Å². The Morgan fingerprint density at radius 2 is 2.16 bits per heavy atom. The van der Waals surface area contributed by atoms with Crippen LogP contribution in [-0.4, -0.2) is 59.0 Å². The molecule has 1 aromatic carbocycles. The molecule has 1 unspecified atom stereocenters. The fourth-order valence-corrected chi connectivity index (χ4v) is 2.94. The maximum Gasteiger partial charge on any atom is 0.191 e. The van der Waals surface area contributed by atoms with E-state index in [-0.39, 0.29) is 0 Å².